The molecule has 6 heteroatoms. The van der Waals surface area contributed by atoms with Crippen molar-refractivity contribution in [2.45, 2.75) is 11.8 Å². The number of rotatable bonds is 2. The smallest absolute Gasteiger partial charge is 0.208 e. The maximum atomic E-state index is 13.0. The third kappa shape index (κ3) is 2.39. The van der Waals surface area contributed by atoms with Crippen LogP contribution in [0.25, 0.3) is 0 Å². The predicted molar refractivity (Wildman–Crippen MR) is 48.7 cm³/mol. The second-order valence-corrected chi connectivity index (χ2v) is 3.85. The molecule has 0 N–H and O–H groups in total. The number of hydrogen-bond donors (Lipinski definition) is 0. The van der Waals surface area contributed by atoms with E-state index in [0.717, 1.165) is 6.07 Å². The average molecular weight is 291 g/mol. The van der Waals surface area contributed by atoms with Gasteiger partial charge >= 0.3 is 0 Å². The van der Waals surface area contributed by atoms with Crippen molar-refractivity contribution >= 4 is 27.5 Å². The summed E-state index contributed by atoms with van der Waals surface area (Å²) < 4.78 is 50.0. The fourth-order valence-electron chi connectivity index (χ4n) is 0.885. The second-order valence-electron chi connectivity index (χ2n) is 2.52. The molecule has 1 aromatic carbocycles. The summed E-state index contributed by atoms with van der Waals surface area (Å²) in [7, 11) is 0. The quantitative estimate of drug-likeness (QED) is 0.433. The van der Waals surface area contributed by atoms with Gasteiger partial charge in [-0.3, -0.25) is 0 Å². The van der Waals surface area contributed by atoms with Crippen molar-refractivity contribution in [1.29, 1.82) is 0 Å². The van der Waals surface area contributed by atoms with E-state index >= 15 is 0 Å². The molecular formula is C8H4BrClF4. The van der Waals surface area contributed by atoms with E-state index in [1.54, 1.807) is 0 Å². The molecule has 0 aliphatic carbocycles. The van der Waals surface area contributed by atoms with Crippen LogP contribution in [-0.4, -0.2) is 6.43 Å². The van der Waals surface area contributed by atoms with E-state index in [4.69, 9.17) is 11.6 Å². The largest absolute Gasteiger partial charge is 0.258 e. The Labute approximate surface area is 91.0 Å². The van der Waals surface area contributed by atoms with Crippen LogP contribution < -0.4 is 0 Å². The second kappa shape index (κ2) is 4.49. The molecule has 0 bridgehead atoms. The lowest BCUT2D eigenvalue weighted by molar-refractivity contribution is 0.141. The molecule has 0 fully saturated rings. The molecule has 0 saturated heterocycles. The minimum absolute atomic E-state index is 0.128. The van der Waals surface area contributed by atoms with E-state index in [-0.39, 0.29) is 4.47 Å². The minimum atomic E-state index is -2.94. The Balaban J connectivity index is 3.15. The summed E-state index contributed by atoms with van der Waals surface area (Å²) in [6, 6.07) is 1.42. The molecule has 0 saturated carbocycles. The molecule has 1 rings (SSSR count). The first-order valence-electron chi connectivity index (χ1n) is 3.50. The molecule has 78 valence electrons. The van der Waals surface area contributed by atoms with Crippen LogP contribution in [0.5, 0.6) is 0 Å². The van der Waals surface area contributed by atoms with Crippen molar-refractivity contribution in [1.82, 2.24) is 0 Å². The van der Waals surface area contributed by atoms with E-state index in [0.29, 0.717) is 6.07 Å². The molecule has 0 amide bonds. The van der Waals surface area contributed by atoms with E-state index in [2.05, 4.69) is 15.9 Å². The summed E-state index contributed by atoms with van der Waals surface area (Å²) in [5, 5.41) is -1.84. The highest BCUT2D eigenvalue weighted by molar-refractivity contribution is 9.10. The van der Waals surface area contributed by atoms with Crippen molar-refractivity contribution in [2.24, 2.45) is 0 Å². The zero-order valence-corrected chi connectivity index (χ0v) is 8.92. The lowest BCUT2D eigenvalue weighted by Crippen LogP contribution is -2.05. The number of alkyl halides is 3. The first-order valence-corrected chi connectivity index (χ1v) is 4.73. The van der Waals surface area contributed by atoms with Crippen LogP contribution in [0.3, 0.4) is 0 Å². The number of halogens is 6. The summed E-state index contributed by atoms with van der Waals surface area (Å²) in [4.78, 5) is 0. The number of benzene rings is 1. The van der Waals surface area contributed by atoms with E-state index in [1.165, 1.54) is 0 Å². The van der Waals surface area contributed by atoms with Crippen molar-refractivity contribution in [3.63, 3.8) is 0 Å². The molecule has 0 aromatic heterocycles. The molecule has 0 radical (unpaired) electrons. The van der Waals surface area contributed by atoms with Crippen LogP contribution in [0.1, 0.15) is 10.9 Å². The van der Waals surface area contributed by atoms with Crippen molar-refractivity contribution < 1.29 is 17.6 Å². The molecule has 0 nitrogen and oxygen atoms in total. The Bertz CT molecular complexity index is 342. The maximum Gasteiger partial charge on any atom is 0.258 e. The van der Waals surface area contributed by atoms with Crippen molar-refractivity contribution in [3.05, 3.63) is 33.8 Å². The topological polar surface area (TPSA) is 0 Å². The van der Waals surface area contributed by atoms with Crippen LogP contribution >= 0.6 is 27.5 Å². The lowest BCUT2D eigenvalue weighted by atomic mass is 10.1. The SMILES string of the molecule is Fc1cc(C(Cl)C(F)F)c(F)cc1Br. The summed E-state index contributed by atoms with van der Waals surface area (Å²) in [6.07, 6.45) is -2.94. The zero-order chi connectivity index (χ0) is 10.9. The van der Waals surface area contributed by atoms with Gasteiger partial charge in [0.25, 0.3) is 6.43 Å². The van der Waals surface area contributed by atoms with Gasteiger partial charge < -0.3 is 0 Å². The van der Waals surface area contributed by atoms with E-state index in [1.807, 2.05) is 0 Å². The Kier molecular flexibility index (Phi) is 3.78. The van der Waals surface area contributed by atoms with Crippen LogP contribution in [0.15, 0.2) is 16.6 Å². The zero-order valence-electron chi connectivity index (χ0n) is 6.58. The van der Waals surface area contributed by atoms with Gasteiger partial charge in [0.15, 0.2) is 0 Å². The monoisotopic (exact) mass is 290 g/mol. The van der Waals surface area contributed by atoms with Crippen LogP contribution in [-0.2, 0) is 0 Å². The van der Waals surface area contributed by atoms with Gasteiger partial charge in [-0.15, -0.1) is 11.6 Å². The summed E-state index contributed by atoms with van der Waals surface area (Å²) >= 11 is 7.92. The van der Waals surface area contributed by atoms with Gasteiger partial charge in [0.1, 0.15) is 17.0 Å². The molecule has 14 heavy (non-hydrogen) atoms. The van der Waals surface area contributed by atoms with E-state index < -0.39 is 29.0 Å². The summed E-state index contributed by atoms with van der Waals surface area (Å²) in [5.74, 6) is -1.79. The third-order valence-corrected chi connectivity index (χ3v) is 2.59. The Morgan fingerprint density at radius 2 is 1.71 bits per heavy atom. The van der Waals surface area contributed by atoms with Gasteiger partial charge in [-0.1, -0.05) is 0 Å². The van der Waals surface area contributed by atoms with Gasteiger partial charge in [0, 0.05) is 5.56 Å². The standard InChI is InChI=1S/C8H4BrClF4/c9-4-2-5(11)3(1-6(4)12)7(10)8(13)14/h1-2,7-8H. The Hall–Kier alpha value is -0.290. The summed E-state index contributed by atoms with van der Waals surface area (Å²) in [5.41, 5.74) is -0.539. The molecule has 0 aliphatic rings. The molecule has 1 unspecified atom stereocenters. The van der Waals surface area contributed by atoms with Gasteiger partial charge in [-0.25, -0.2) is 17.6 Å². The molecule has 0 aliphatic heterocycles. The van der Waals surface area contributed by atoms with Crippen molar-refractivity contribution in [2.75, 3.05) is 0 Å². The average Bonchev–Trinajstić information content (AvgIpc) is 2.10. The molecular weight excluding hydrogens is 287 g/mol. The van der Waals surface area contributed by atoms with Crippen LogP contribution in [0.2, 0.25) is 0 Å². The van der Waals surface area contributed by atoms with E-state index in [9.17, 15) is 17.6 Å². The normalized spacial score (nSPS) is 13.4. The molecule has 1 atom stereocenters. The van der Waals surface area contributed by atoms with Crippen LogP contribution in [0.4, 0.5) is 17.6 Å². The van der Waals surface area contributed by atoms with Gasteiger partial charge in [-0.2, -0.15) is 0 Å². The Morgan fingerprint density at radius 1 is 1.14 bits per heavy atom. The highest BCUT2D eigenvalue weighted by Crippen LogP contribution is 2.32. The first-order chi connectivity index (χ1) is 6.43. The fraction of sp³-hybridized carbons (Fsp3) is 0.250. The van der Waals surface area contributed by atoms with Gasteiger partial charge in [-0.05, 0) is 28.1 Å². The molecule has 1 aromatic rings. The van der Waals surface area contributed by atoms with Crippen LogP contribution in [0, 0.1) is 11.6 Å². The molecule has 0 spiro atoms. The molecule has 0 heterocycles. The first kappa shape index (κ1) is 11.8. The highest BCUT2D eigenvalue weighted by atomic mass is 79.9. The van der Waals surface area contributed by atoms with Crippen molar-refractivity contribution in [3.8, 4) is 0 Å². The third-order valence-electron chi connectivity index (χ3n) is 1.56. The summed E-state index contributed by atoms with van der Waals surface area (Å²) in [6.45, 7) is 0. The predicted octanol–water partition coefficient (Wildman–Crippen LogP) is 4.27. The number of hydrogen-bond acceptors (Lipinski definition) is 0. The van der Waals surface area contributed by atoms with Gasteiger partial charge in [0.05, 0.1) is 4.47 Å². The minimum Gasteiger partial charge on any atom is -0.208 e. The maximum absolute atomic E-state index is 13.0. The fourth-order valence-corrected chi connectivity index (χ4v) is 1.37. The van der Waals surface area contributed by atoms with Gasteiger partial charge in [0.2, 0.25) is 0 Å². The Morgan fingerprint density at radius 3 is 2.21 bits per heavy atom. The lowest BCUT2D eigenvalue weighted by Gasteiger charge is -2.10. The highest BCUT2D eigenvalue weighted by Gasteiger charge is 2.24.